The number of hydrogen-bond acceptors (Lipinski definition) is 12. The Morgan fingerprint density at radius 2 is 0.488 bits per heavy atom. The molecule has 0 spiro atoms. The van der Waals surface area contributed by atoms with Gasteiger partial charge < -0.3 is 39.4 Å². The minimum absolute atomic E-state index is 0.107. The van der Waals surface area contributed by atoms with E-state index in [1.807, 2.05) is 215 Å². The topological polar surface area (TPSA) is 186 Å². The number of phenols is 4. The summed E-state index contributed by atoms with van der Waals surface area (Å²) >= 11 is 0. The summed E-state index contributed by atoms with van der Waals surface area (Å²) in [5, 5.41) is 46.1. The van der Waals surface area contributed by atoms with Gasteiger partial charge in [0.2, 0.25) is 0 Å². The molecule has 0 aromatic heterocycles. The SMILES string of the molecule is CC(C)(C)c1cc(CCC(=O)OC(P)C(C)(C)C(OC(=O)CCc2cc(C(C)(C)C)c(O)c(C(C)(C)C)c2)(OC(=O)CCc2cc(C(C)(C)C)c(O)c(C(C)(C)C)c2)OC(=O)CCc2cc(C(C)(C)C)c(O)c(C(C)(C)C)c2)cc(C(C)(C)C)c1O. The molecule has 12 nitrogen and oxygen atoms in total. The van der Waals surface area contributed by atoms with Gasteiger partial charge in [-0.25, -0.2) is 0 Å². The summed E-state index contributed by atoms with van der Waals surface area (Å²) in [5.74, 6) is -6.78. The van der Waals surface area contributed by atoms with Gasteiger partial charge in [0.1, 0.15) is 34.3 Å². The first kappa shape index (κ1) is 72.9. The average molecular weight is 1210 g/mol. The quantitative estimate of drug-likeness (QED) is 0.0420. The van der Waals surface area contributed by atoms with E-state index in [0.29, 0.717) is 33.4 Å². The summed E-state index contributed by atoms with van der Waals surface area (Å²) in [7, 11) is 2.48. The second kappa shape index (κ2) is 25.8. The number of aromatic hydroxyl groups is 4. The number of carbonyl (C=O) groups is 4. The fourth-order valence-electron chi connectivity index (χ4n) is 10.5. The van der Waals surface area contributed by atoms with E-state index in [1.54, 1.807) is 13.8 Å². The molecule has 0 bridgehead atoms. The number of rotatable bonds is 18. The first-order valence-corrected chi connectivity index (χ1v) is 31.4. The first-order valence-electron chi connectivity index (χ1n) is 30.7. The second-order valence-electron chi connectivity index (χ2n) is 32.8. The van der Waals surface area contributed by atoms with Crippen molar-refractivity contribution in [2.24, 2.45) is 5.41 Å². The molecule has 4 N–H and O–H groups in total. The van der Waals surface area contributed by atoms with Crippen molar-refractivity contribution in [3.05, 3.63) is 115 Å². The maximum atomic E-state index is 14.9. The molecule has 0 amide bonds. The molecular formula is C73H109O12P. The molecule has 13 heteroatoms. The van der Waals surface area contributed by atoms with E-state index in [2.05, 4.69) is 9.24 Å². The number of carbonyl (C=O) groups excluding carboxylic acids is 4. The highest BCUT2D eigenvalue weighted by Gasteiger charge is 2.61. The molecule has 2 atom stereocenters. The third kappa shape index (κ3) is 18.3. The van der Waals surface area contributed by atoms with Crippen LogP contribution in [0.4, 0.5) is 0 Å². The van der Waals surface area contributed by atoms with Crippen molar-refractivity contribution >= 4 is 33.1 Å². The van der Waals surface area contributed by atoms with Gasteiger partial charge in [0.05, 0.1) is 0 Å². The number of aryl methyl sites for hydroxylation is 4. The fourth-order valence-corrected chi connectivity index (χ4v) is 10.9. The normalized spacial score (nSPS) is 13.8. The number of hydrogen-bond donors (Lipinski definition) is 4. The number of benzene rings is 4. The zero-order chi connectivity index (χ0) is 66.3. The van der Waals surface area contributed by atoms with Crippen LogP contribution in [0.25, 0.3) is 0 Å². The molecule has 0 heterocycles. The van der Waals surface area contributed by atoms with E-state index in [9.17, 15) is 39.6 Å². The van der Waals surface area contributed by atoms with E-state index in [1.165, 1.54) is 0 Å². The average Bonchev–Trinajstić information content (AvgIpc) is 0.845. The molecule has 0 aliphatic rings. The number of phenolic OH excluding ortho intramolecular Hbond substituents is 4. The van der Waals surface area contributed by atoms with Crippen LogP contribution in [0.5, 0.6) is 23.0 Å². The molecule has 0 radical (unpaired) electrons. The Bertz CT molecular complexity index is 2740. The number of esters is 4. The third-order valence-electron chi connectivity index (χ3n) is 16.1. The first-order chi connectivity index (χ1) is 38.6. The molecule has 2 unspecified atom stereocenters. The van der Waals surface area contributed by atoms with Crippen LogP contribution in [0.2, 0.25) is 0 Å². The van der Waals surface area contributed by atoms with E-state index in [0.717, 1.165) is 33.4 Å². The lowest BCUT2D eigenvalue weighted by molar-refractivity contribution is -0.380. The second-order valence-corrected chi connectivity index (χ2v) is 33.4. The van der Waals surface area contributed by atoms with Gasteiger partial charge in [0.15, 0.2) is 0 Å². The molecular weight excluding hydrogens is 1100 g/mol. The van der Waals surface area contributed by atoms with Gasteiger partial charge in [-0.05, 0) is 150 Å². The minimum Gasteiger partial charge on any atom is -0.507 e. The fraction of sp³-hybridized carbons (Fsp3) is 0.616. The summed E-state index contributed by atoms with van der Waals surface area (Å²) in [6.45, 7) is 51.2. The Balaban J connectivity index is 1.92. The maximum absolute atomic E-state index is 14.9. The largest absolute Gasteiger partial charge is 0.507 e. The highest BCUT2D eigenvalue weighted by molar-refractivity contribution is 7.17. The van der Waals surface area contributed by atoms with Crippen LogP contribution in [0, 0.1) is 5.41 Å². The molecule has 478 valence electrons. The van der Waals surface area contributed by atoms with Gasteiger partial charge in [-0.2, -0.15) is 0 Å². The van der Waals surface area contributed by atoms with Crippen molar-refractivity contribution in [2.45, 2.75) is 287 Å². The van der Waals surface area contributed by atoms with E-state index in [-0.39, 0.29) is 74.4 Å². The Kier molecular flexibility index (Phi) is 21.9. The van der Waals surface area contributed by atoms with Gasteiger partial charge in [0, 0.05) is 25.7 Å². The van der Waals surface area contributed by atoms with Crippen molar-refractivity contribution in [3.8, 4) is 23.0 Å². The molecule has 0 saturated carbocycles. The monoisotopic (exact) mass is 1210 g/mol. The van der Waals surface area contributed by atoms with Crippen LogP contribution >= 0.6 is 9.24 Å². The summed E-state index contributed by atoms with van der Waals surface area (Å²) in [6, 6.07) is 15.1. The van der Waals surface area contributed by atoms with Crippen molar-refractivity contribution in [3.63, 3.8) is 0 Å². The van der Waals surface area contributed by atoms with Crippen LogP contribution in [-0.2, 0) is 107 Å². The van der Waals surface area contributed by atoms with Gasteiger partial charge in [-0.15, -0.1) is 0 Å². The number of ether oxygens (including phenoxy) is 4. The smallest absolute Gasteiger partial charge is 0.432 e. The Morgan fingerprint density at radius 1 is 0.326 bits per heavy atom. The predicted molar refractivity (Wildman–Crippen MR) is 350 cm³/mol. The lowest BCUT2D eigenvalue weighted by Gasteiger charge is -2.44. The van der Waals surface area contributed by atoms with Crippen LogP contribution in [0.1, 0.15) is 272 Å². The van der Waals surface area contributed by atoms with Crippen molar-refractivity contribution < 1.29 is 58.6 Å². The molecule has 0 fully saturated rings. The van der Waals surface area contributed by atoms with E-state index in [4.69, 9.17) is 18.9 Å². The molecule has 0 aliphatic heterocycles. The molecule has 0 aliphatic carbocycles. The van der Waals surface area contributed by atoms with Crippen LogP contribution in [0.15, 0.2) is 48.5 Å². The zero-order valence-electron chi connectivity index (χ0n) is 57.5. The van der Waals surface area contributed by atoms with Crippen molar-refractivity contribution in [1.29, 1.82) is 0 Å². The van der Waals surface area contributed by atoms with Crippen LogP contribution in [-0.4, -0.2) is 56.1 Å². The summed E-state index contributed by atoms with van der Waals surface area (Å²) < 4.78 is 25.5. The minimum atomic E-state index is -2.86. The lowest BCUT2D eigenvalue weighted by Crippen LogP contribution is -2.59. The molecule has 4 aromatic carbocycles. The van der Waals surface area contributed by atoms with E-state index < -0.39 is 84.4 Å². The molecule has 86 heavy (non-hydrogen) atoms. The van der Waals surface area contributed by atoms with Crippen LogP contribution in [0.3, 0.4) is 0 Å². The zero-order valence-corrected chi connectivity index (χ0v) is 58.6. The Morgan fingerprint density at radius 3 is 0.651 bits per heavy atom. The summed E-state index contributed by atoms with van der Waals surface area (Å²) in [6.07, 6.45) is -0.370. The van der Waals surface area contributed by atoms with Gasteiger partial charge in [-0.1, -0.05) is 224 Å². The lowest BCUT2D eigenvalue weighted by atomic mass is 9.78. The highest BCUT2D eigenvalue weighted by atomic mass is 31.0. The van der Waals surface area contributed by atoms with E-state index >= 15 is 0 Å². The Labute approximate surface area is 519 Å². The molecule has 4 rings (SSSR count). The predicted octanol–water partition coefficient (Wildman–Crippen LogP) is 16.8. The van der Waals surface area contributed by atoms with Gasteiger partial charge >= 0.3 is 29.9 Å². The molecule has 0 saturated heterocycles. The maximum Gasteiger partial charge on any atom is 0.432 e. The standard InChI is InChI=1S/C73H109O12P/c1-64(2,3)47-35-43(36-48(59(47)78)65(4,5)6)27-31-55(74)82-63(86)72(25,26)73(83-56(75)32-28-44-37-49(66(7,8)9)60(79)50(38-44)67(10,11)12,84-57(76)33-29-45-39-51(68(13,14)15)61(80)52(40-45)69(16,17)18)85-58(77)34-30-46-41-53(70(19,20)21)62(81)54(42-46)71(22,23)24/h35-42,63,78-81H,27-34,86H2,1-26H3. The van der Waals surface area contributed by atoms with Crippen LogP contribution < -0.4 is 0 Å². The summed E-state index contributed by atoms with van der Waals surface area (Å²) in [4.78, 5) is 59.0. The highest BCUT2D eigenvalue weighted by Crippen LogP contribution is 2.48. The van der Waals surface area contributed by atoms with Crippen molar-refractivity contribution in [1.82, 2.24) is 0 Å². The third-order valence-corrected chi connectivity index (χ3v) is 17.1. The van der Waals surface area contributed by atoms with Crippen molar-refractivity contribution in [2.75, 3.05) is 0 Å². The summed E-state index contributed by atoms with van der Waals surface area (Å²) in [5.41, 5.74) is 3.24. The molecule has 4 aromatic rings. The van der Waals surface area contributed by atoms with Gasteiger partial charge in [-0.3, -0.25) is 19.2 Å². The Hall–Kier alpha value is -5.61. The van der Waals surface area contributed by atoms with Gasteiger partial charge in [0.25, 0.3) is 0 Å².